The Balaban J connectivity index is 1.40. The molecule has 0 bridgehead atoms. The maximum atomic E-state index is 6.06. The maximum Gasteiger partial charge on any atom is 0.152 e. The van der Waals surface area contributed by atoms with Crippen molar-refractivity contribution in [1.82, 2.24) is 25.1 Å². The van der Waals surface area contributed by atoms with Gasteiger partial charge in [-0.1, -0.05) is 30.3 Å². The first-order valence-corrected chi connectivity index (χ1v) is 9.25. The van der Waals surface area contributed by atoms with Crippen LogP contribution in [0.3, 0.4) is 0 Å². The Labute approximate surface area is 157 Å². The Morgan fingerprint density at radius 2 is 2.04 bits per heavy atom. The molecule has 0 spiro atoms. The molecule has 4 heterocycles. The highest BCUT2D eigenvalue weighted by Gasteiger charge is 2.30. The van der Waals surface area contributed by atoms with E-state index in [0.717, 1.165) is 48.8 Å². The fraction of sp³-hybridized carbons (Fsp3) is 0.238. The summed E-state index contributed by atoms with van der Waals surface area (Å²) in [7, 11) is 0. The van der Waals surface area contributed by atoms with E-state index >= 15 is 0 Å². The van der Waals surface area contributed by atoms with Gasteiger partial charge < -0.3 is 9.40 Å². The highest BCUT2D eigenvalue weighted by Crippen LogP contribution is 2.32. The predicted molar refractivity (Wildman–Crippen MR) is 102 cm³/mol. The molecule has 2 N–H and O–H groups in total. The van der Waals surface area contributed by atoms with Crippen molar-refractivity contribution in [3.63, 3.8) is 0 Å². The third kappa shape index (κ3) is 3.19. The van der Waals surface area contributed by atoms with Crippen LogP contribution in [-0.2, 0) is 19.4 Å². The smallest absolute Gasteiger partial charge is 0.152 e. The van der Waals surface area contributed by atoms with E-state index in [1.807, 2.05) is 18.5 Å². The van der Waals surface area contributed by atoms with Gasteiger partial charge in [0.15, 0.2) is 5.76 Å². The number of hydrogen-bond donors (Lipinski definition) is 2. The fourth-order valence-electron chi connectivity index (χ4n) is 3.86. The largest absolute Gasteiger partial charge is 0.458 e. The van der Waals surface area contributed by atoms with E-state index in [9.17, 15) is 0 Å². The monoisotopic (exact) mass is 359 g/mol. The van der Waals surface area contributed by atoms with Crippen LogP contribution in [0.1, 0.15) is 28.8 Å². The number of H-pyrrole nitrogens is 2. The topological polar surface area (TPSA) is 73.7 Å². The van der Waals surface area contributed by atoms with Gasteiger partial charge in [0.1, 0.15) is 11.5 Å². The normalized spacial score (nSPS) is 17.1. The van der Waals surface area contributed by atoms with Crippen LogP contribution in [0.25, 0.3) is 11.5 Å². The lowest BCUT2D eigenvalue weighted by Crippen LogP contribution is -2.36. The van der Waals surface area contributed by atoms with Crippen LogP contribution in [-0.4, -0.2) is 31.6 Å². The van der Waals surface area contributed by atoms with Crippen LogP contribution in [0.5, 0.6) is 0 Å². The van der Waals surface area contributed by atoms with Crippen LogP contribution in [0.4, 0.5) is 0 Å². The summed E-state index contributed by atoms with van der Waals surface area (Å²) in [6.45, 7) is 1.74. The molecular weight excluding hydrogens is 338 g/mol. The van der Waals surface area contributed by atoms with Crippen molar-refractivity contribution in [1.29, 1.82) is 0 Å². The van der Waals surface area contributed by atoms with Crippen LogP contribution < -0.4 is 0 Å². The van der Waals surface area contributed by atoms with Crippen molar-refractivity contribution in [2.75, 3.05) is 6.54 Å². The van der Waals surface area contributed by atoms with E-state index in [1.165, 1.54) is 11.3 Å². The van der Waals surface area contributed by atoms with Gasteiger partial charge in [-0.2, -0.15) is 5.10 Å². The molecule has 0 aliphatic carbocycles. The number of rotatable bonds is 5. The summed E-state index contributed by atoms with van der Waals surface area (Å²) in [4.78, 5) is 10.4. The van der Waals surface area contributed by atoms with E-state index in [4.69, 9.17) is 4.42 Å². The molecule has 5 rings (SSSR count). The number of fused-ring (bicyclic) bond motifs is 1. The van der Waals surface area contributed by atoms with Gasteiger partial charge in [0.25, 0.3) is 0 Å². The molecule has 4 aromatic rings. The first-order valence-electron chi connectivity index (χ1n) is 9.25. The number of benzene rings is 1. The molecule has 0 unspecified atom stereocenters. The Morgan fingerprint density at radius 3 is 2.89 bits per heavy atom. The standard InChI is InChI=1S/C21H21N5O/c1-2-4-15(5-3-1)12-19-21-18(22-14-23-21)9-11-26(19)13-16-6-7-20(27-16)17-8-10-24-25-17/h1-8,10,14,19H,9,11-13H2,(H,22,23)(H,24,25)/t19-/m0/s1. The van der Waals surface area contributed by atoms with Crippen LogP contribution in [0, 0.1) is 0 Å². The molecule has 6 nitrogen and oxygen atoms in total. The Bertz CT molecular complexity index is 1000. The number of hydrogen-bond acceptors (Lipinski definition) is 4. The van der Waals surface area contributed by atoms with Gasteiger partial charge in [-0.3, -0.25) is 10.00 Å². The lowest BCUT2D eigenvalue weighted by molar-refractivity contribution is 0.158. The highest BCUT2D eigenvalue weighted by molar-refractivity contribution is 5.51. The summed E-state index contributed by atoms with van der Waals surface area (Å²) >= 11 is 0. The van der Waals surface area contributed by atoms with Gasteiger partial charge in [-0.15, -0.1) is 0 Å². The van der Waals surface area contributed by atoms with Crippen molar-refractivity contribution in [2.45, 2.75) is 25.4 Å². The minimum atomic E-state index is 0.239. The van der Waals surface area contributed by atoms with Gasteiger partial charge in [-0.05, 0) is 30.2 Å². The second-order valence-electron chi connectivity index (χ2n) is 6.93. The fourth-order valence-corrected chi connectivity index (χ4v) is 3.86. The zero-order chi connectivity index (χ0) is 18.1. The van der Waals surface area contributed by atoms with Gasteiger partial charge >= 0.3 is 0 Å². The van der Waals surface area contributed by atoms with E-state index in [0.29, 0.717) is 0 Å². The second kappa shape index (κ2) is 6.89. The molecule has 1 atom stereocenters. The molecule has 0 saturated carbocycles. The van der Waals surface area contributed by atoms with Crippen LogP contribution >= 0.6 is 0 Å². The van der Waals surface area contributed by atoms with E-state index < -0.39 is 0 Å². The number of imidazole rings is 1. The molecule has 1 aliphatic rings. The molecule has 1 aromatic carbocycles. The zero-order valence-electron chi connectivity index (χ0n) is 14.9. The third-order valence-electron chi connectivity index (χ3n) is 5.22. The predicted octanol–water partition coefficient (Wildman–Crippen LogP) is 3.73. The number of aromatic amines is 2. The number of nitrogens with one attached hydrogen (secondary N) is 2. The van der Waals surface area contributed by atoms with Gasteiger partial charge in [0.05, 0.1) is 24.6 Å². The van der Waals surface area contributed by atoms with E-state index in [-0.39, 0.29) is 6.04 Å². The minimum Gasteiger partial charge on any atom is -0.458 e. The molecule has 0 fully saturated rings. The van der Waals surface area contributed by atoms with Gasteiger partial charge in [0.2, 0.25) is 0 Å². The lowest BCUT2D eigenvalue weighted by atomic mass is 9.96. The molecule has 6 heteroatoms. The first kappa shape index (κ1) is 16.1. The van der Waals surface area contributed by atoms with Crippen molar-refractivity contribution < 1.29 is 4.42 Å². The molecule has 3 aromatic heterocycles. The summed E-state index contributed by atoms with van der Waals surface area (Å²) < 4.78 is 6.06. The van der Waals surface area contributed by atoms with Gasteiger partial charge in [0, 0.05) is 24.9 Å². The quantitative estimate of drug-likeness (QED) is 0.569. The SMILES string of the molecule is c1ccc(C[C@H]2c3nc[nH]c3CCN2Cc2ccc(-c3ccn[nH]3)o2)cc1. The molecule has 27 heavy (non-hydrogen) atoms. The number of furan rings is 1. The van der Waals surface area contributed by atoms with Crippen LogP contribution in [0.15, 0.2) is 65.5 Å². The molecule has 0 saturated heterocycles. The van der Waals surface area contributed by atoms with E-state index in [2.05, 4.69) is 61.5 Å². The molecule has 1 aliphatic heterocycles. The summed E-state index contributed by atoms with van der Waals surface area (Å²) in [5.41, 5.74) is 4.63. The van der Waals surface area contributed by atoms with E-state index in [1.54, 1.807) is 6.20 Å². The second-order valence-corrected chi connectivity index (χ2v) is 6.93. The van der Waals surface area contributed by atoms with Crippen molar-refractivity contribution in [2.24, 2.45) is 0 Å². The van der Waals surface area contributed by atoms with Crippen molar-refractivity contribution in [3.05, 3.63) is 83.8 Å². The van der Waals surface area contributed by atoms with Gasteiger partial charge in [-0.25, -0.2) is 4.98 Å². The molecule has 0 amide bonds. The molecule has 136 valence electrons. The summed E-state index contributed by atoms with van der Waals surface area (Å²) in [6.07, 6.45) is 5.47. The van der Waals surface area contributed by atoms with Crippen molar-refractivity contribution >= 4 is 0 Å². The maximum absolute atomic E-state index is 6.06. The Morgan fingerprint density at radius 1 is 1.11 bits per heavy atom. The lowest BCUT2D eigenvalue weighted by Gasteiger charge is -2.34. The Kier molecular flexibility index (Phi) is 4.10. The number of nitrogens with zero attached hydrogens (tertiary/aromatic N) is 3. The summed E-state index contributed by atoms with van der Waals surface area (Å²) in [6, 6.07) is 16.8. The molecular formula is C21H21N5O. The zero-order valence-corrected chi connectivity index (χ0v) is 14.9. The summed E-state index contributed by atoms with van der Waals surface area (Å²) in [5.74, 6) is 1.77. The number of aromatic nitrogens is 4. The average molecular weight is 359 g/mol. The third-order valence-corrected chi connectivity index (χ3v) is 5.22. The first-order chi connectivity index (χ1) is 13.4. The minimum absolute atomic E-state index is 0.239. The summed E-state index contributed by atoms with van der Waals surface area (Å²) in [5, 5.41) is 6.94. The average Bonchev–Trinajstić information content (AvgIpc) is 3.46. The highest BCUT2D eigenvalue weighted by atomic mass is 16.3. The van der Waals surface area contributed by atoms with Crippen molar-refractivity contribution in [3.8, 4) is 11.5 Å². The molecule has 0 radical (unpaired) electrons. The Hall–Kier alpha value is -3.12. The van der Waals surface area contributed by atoms with Crippen LogP contribution in [0.2, 0.25) is 0 Å².